The molecule has 1 N–H and O–H groups in total. The average molecular weight is 257 g/mol. The maximum Gasteiger partial charge on any atom is 0.387 e. The van der Waals surface area contributed by atoms with Gasteiger partial charge in [-0.3, -0.25) is 0 Å². The summed E-state index contributed by atoms with van der Waals surface area (Å²) in [6.45, 7) is -0.231. The van der Waals surface area contributed by atoms with Crippen LogP contribution in [0.1, 0.15) is 12.8 Å². The fourth-order valence-corrected chi connectivity index (χ4v) is 1.97. The van der Waals surface area contributed by atoms with Crippen LogP contribution in [0.15, 0.2) is 24.3 Å². The Bertz CT molecular complexity index is 351. The maximum atomic E-state index is 12.0. The second-order valence-corrected chi connectivity index (χ2v) is 4.34. The molecule has 0 unspecified atom stereocenters. The number of alkyl halides is 2. The van der Waals surface area contributed by atoms with Crippen LogP contribution in [0.25, 0.3) is 0 Å². The van der Waals surface area contributed by atoms with Gasteiger partial charge in [-0.15, -0.1) is 0 Å². The highest BCUT2D eigenvalue weighted by Gasteiger charge is 2.13. The molecule has 0 spiro atoms. The number of anilines is 1. The lowest BCUT2D eigenvalue weighted by atomic mass is 10.0. The second-order valence-electron chi connectivity index (χ2n) is 4.34. The van der Waals surface area contributed by atoms with E-state index < -0.39 is 6.61 Å². The molecule has 1 aliphatic rings. The zero-order valence-corrected chi connectivity index (χ0v) is 10.1. The van der Waals surface area contributed by atoms with Gasteiger partial charge in [-0.1, -0.05) is 0 Å². The number of rotatable bonds is 5. The molecule has 3 nitrogen and oxygen atoms in total. The first-order chi connectivity index (χ1) is 8.74. The summed E-state index contributed by atoms with van der Waals surface area (Å²) in [4.78, 5) is 0. The van der Waals surface area contributed by atoms with Crippen molar-refractivity contribution in [3.05, 3.63) is 24.3 Å². The van der Waals surface area contributed by atoms with E-state index in [2.05, 4.69) is 10.1 Å². The quantitative estimate of drug-likeness (QED) is 0.879. The number of hydrogen-bond donors (Lipinski definition) is 1. The van der Waals surface area contributed by atoms with Gasteiger partial charge in [0.2, 0.25) is 0 Å². The third-order valence-electron chi connectivity index (χ3n) is 3.02. The van der Waals surface area contributed by atoms with Crippen molar-refractivity contribution in [1.82, 2.24) is 0 Å². The first-order valence-electron chi connectivity index (χ1n) is 6.10. The fraction of sp³-hybridized carbons (Fsp3) is 0.538. The molecular formula is C13H17F2NO2. The number of hydrogen-bond acceptors (Lipinski definition) is 3. The van der Waals surface area contributed by atoms with E-state index in [9.17, 15) is 8.78 Å². The van der Waals surface area contributed by atoms with E-state index in [0.717, 1.165) is 38.3 Å². The minimum absolute atomic E-state index is 0.182. The molecule has 18 heavy (non-hydrogen) atoms. The van der Waals surface area contributed by atoms with Gasteiger partial charge < -0.3 is 14.8 Å². The lowest BCUT2D eigenvalue weighted by molar-refractivity contribution is -0.0498. The van der Waals surface area contributed by atoms with Crippen LogP contribution in [0, 0.1) is 5.92 Å². The summed E-state index contributed by atoms with van der Waals surface area (Å²) in [5.41, 5.74) is 0.920. The van der Waals surface area contributed by atoms with E-state index in [1.165, 1.54) is 0 Å². The number of ether oxygens (including phenoxy) is 2. The first kappa shape index (κ1) is 13.1. The second kappa shape index (κ2) is 6.54. The molecule has 0 atom stereocenters. The first-order valence-corrected chi connectivity index (χ1v) is 6.10. The SMILES string of the molecule is FC(F)Oc1ccc(NCC2CCOCC2)cc1. The van der Waals surface area contributed by atoms with Crippen LogP contribution in [0.5, 0.6) is 5.75 Å². The molecule has 0 aromatic heterocycles. The number of nitrogens with one attached hydrogen (secondary N) is 1. The summed E-state index contributed by atoms with van der Waals surface area (Å²) in [6.07, 6.45) is 2.14. The number of halogens is 2. The monoisotopic (exact) mass is 257 g/mol. The van der Waals surface area contributed by atoms with Crippen LogP contribution < -0.4 is 10.1 Å². The Morgan fingerprint density at radius 3 is 2.50 bits per heavy atom. The molecule has 1 heterocycles. The van der Waals surface area contributed by atoms with E-state index in [1.54, 1.807) is 24.3 Å². The van der Waals surface area contributed by atoms with Crippen molar-refractivity contribution in [2.45, 2.75) is 19.5 Å². The van der Waals surface area contributed by atoms with Crippen molar-refractivity contribution >= 4 is 5.69 Å². The molecule has 2 rings (SSSR count). The summed E-state index contributed by atoms with van der Waals surface area (Å²) in [7, 11) is 0. The third-order valence-corrected chi connectivity index (χ3v) is 3.02. The summed E-state index contributed by atoms with van der Waals surface area (Å²) < 4.78 is 33.5. The minimum atomic E-state index is -2.77. The van der Waals surface area contributed by atoms with Crippen molar-refractivity contribution in [3.63, 3.8) is 0 Å². The Hall–Kier alpha value is -1.36. The van der Waals surface area contributed by atoms with E-state index in [0.29, 0.717) is 5.92 Å². The lowest BCUT2D eigenvalue weighted by Gasteiger charge is -2.22. The van der Waals surface area contributed by atoms with Gasteiger partial charge in [0.15, 0.2) is 0 Å². The largest absolute Gasteiger partial charge is 0.435 e. The molecule has 0 bridgehead atoms. The van der Waals surface area contributed by atoms with Gasteiger partial charge >= 0.3 is 6.61 Å². The molecule has 1 fully saturated rings. The van der Waals surface area contributed by atoms with E-state index in [1.807, 2.05) is 0 Å². The van der Waals surface area contributed by atoms with E-state index in [4.69, 9.17) is 4.74 Å². The predicted molar refractivity (Wildman–Crippen MR) is 65.1 cm³/mol. The highest BCUT2D eigenvalue weighted by atomic mass is 19.3. The van der Waals surface area contributed by atoms with E-state index in [-0.39, 0.29) is 5.75 Å². The topological polar surface area (TPSA) is 30.5 Å². The Morgan fingerprint density at radius 1 is 1.22 bits per heavy atom. The lowest BCUT2D eigenvalue weighted by Crippen LogP contribution is -2.22. The van der Waals surface area contributed by atoms with Gasteiger partial charge in [-0.05, 0) is 43.0 Å². The highest BCUT2D eigenvalue weighted by molar-refractivity contribution is 5.46. The molecule has 0 saturated carbocycles. The van der Waals surface area contributed by atoms with Gasteiger partial charge in [0.1, 0.15) is 5.75 Å². The Labute approximate surface area is 105 Å². The summed E-state index contributed by atoms with van der Waals surface area (Å²) in [6, 6.07) is 6.57. The number of benzene rings is 1. The van der Waals surface area contributed by atoms with Crippen molar-refractivity contribution in [2.24, 2.45) is 5.92 Å². The molecule has 1 saturated heterocycles. The van der Waals surface area contributed by atoms with Gasteiger partial charge in [0.05, 0.1) is 0 Å². The third kappa shape index (κ3) is 4.14. The van der Waals surface area contributed by atoms with Crippen LogP contribution in [0.3, 0.4) is 0 Å². The highest BCUT2D eigenvalue weighted by Crippen LogP contribution is 2.19. The van der Waals surface area contributed by atoms with Gasteiger partial charge in [-0.25, -0.2) is 0 Å². The van der Waals surface area contributed by atoms with Crippen molar-refractivity contribution in [1.29, 1.82) is 0 Å². The summed E-state index contributed by atoms with van der Waals surface area (Å²) in [5.74, 6) is 0.803. The smallest absolute Gasteiger partial charge is 0.387 e. The van der Waals surface area contributed by atoms with Crippen molar-refractivity contribution in [2.75, 3.05) is 25.1 Å². The molecular weight excluding hydrogens is 240 g/mol. The molecule has 5 heteroatoms. The predicted octanol–water partition coefficient (Wildman–Crippen LogP) is 3.13. The van der Waals surface area contributed by atoms with Crippen LogP contribution in [0.4, 0.5) is 14.5 Å². The van der Waals surface area contributed by atoms with Gasteiger partial charge in [0, 0.05) is 25.4 Å². The van der Waals surface area contributed by atoms with Crippen LogP contribution in [0.2, 0.25) is 0 Å². The molecule has 1 aromatic carbocycles. The molecule has 1 aromatic rings. The van der Waals surface area contributed by atoms with Crippen molar-refractivity contribution in [3.8, 4) is 5.75 Å². The van der Waals surface area contributed by atoms with Crippen LogP contribution >= 0.6 is 0 Å². The van der Waals surface area contributed by atoms with Crippen LogP contribution in [-0.4, -0.2) is 26.4 Å². The molecule has 100 valence electrons. The Morgan fingerprint density at radius 2 is 1.89 bits per heavy atom. The zero-order chi connectivity index (χ0) is 12.8. The Kier molecular flexibility index (Phi) is 4.75. The van der Waals surface area contributed by atoms with Crippen molar-refractivity contribution < 1.29 is 18.3 Å². The normalized spacial score (nSPS) is 16.8. The Balaban J connectivity index is 1.78. The minimum Gasteiger partial charge on any atom is -0.435 e. The van der Waals surface area contributed by atoms with Gasteiger partial charge in [-0.2, -0.15) is 8.78 Å². The molecule has 0 amide bonds. The molecule has 0 radical (unpaired) electrons. The maximum absolute atomic E-state index is 12.0. The standard InChI is InChI=1S/C13H17F2NO2/c14-13(15)18-12-3-1-11(2-4-12)16-9-10-5-7-17-8-6-10/h1-4,10,13,16H,5-9H2. The summed E-state index contributed by atoms with van der Waals surface area (Å²) >= 11 is 0. The molecule has 0 aliphatic carbocycles. The van der Waals surface area contributed by atoms with E-state index >= 15 is 0 Å². The summed E-state index contributed by atoms with van der Waals surface area (Å²) in [5, 5.41) is 3.30. The van der Waals surface area contributed by atoms with Crippen LogP contribution in [-0.2, 0) is 4.74 Å². The molecule has 1 aliphatic heterocycles. The average Bonchev–Trinajstić information content (AvgIpc) is 2.38. The van der Waals surface area contributed by atoms with Gasteiger partial charge in [0.25, 0.3) is 0 Å². The fourth-order valence-electron chi connectivity index (χ4n) is 1.97. The zero-order valence-electron chi connectivity index (χ0n) is 10.1.